The standard InChI is InChI=1S/C12H15IN2O/c13-10-3-5-11(6-4-10)14-12(16)9-15-7-1-2-8-15/h3-6H,1-2,7-9H2,(H,14,16)/p+1. The van der Waals surface area contributed by atoms with Crippen LogP contribution in [0.4, 0.5) is 5.69 Å². The van der Waals surface area contributed by atoms with Gasteiger partial charge in [0.15, 0.2) is 6.54 Å². The third-order valence-corrected chi connectivity index (χ3v) is 3.57. The van der Waals surface area contributed by atoms with Crippen molar-refractivity contribution in [1.82, 2.24) is 0 Å². The van der Waals surface area contributed by atoms with Gasteiger partial charge in [0, 0.05) is 22.1 Å². The Morgan fingerprint density at radius 1 is 1.25 bits per heavy atom. The van der Waals surface area contributed by atoms with Gasteiger partial charge in [-0.05, 0) is 46.9 Å². The highest BCUT2D eigenvalue weighted by molar-refractivity contribution is 14.1. The van der Waals surface area contributed by atoms with E-state index in [0.29, 0.717) is 6.54 Å². The number of carbonyl (C=O) groups excluding carboxylic acids is 1. The van der Waals surface area contributed by atoms with Crippen molar-refractivity contribution in [3.8, 4) is 0 Å². The fourth-order valence-electron chi connectivity index (χ4n) is 2.02. The van der Waals surface area contributed by atoms with Gasteiger partial charge in [0.2, 0.25) is 0 Å². The topological polar surface area (TPSA) is 33.5 Å². The molecule has 1 saturated heterocycles. The van der Waals surface area contributed by atoms with Gasteiger partial charge in [-0.25, -0.2) is 0 Å². The van der Waals surface area contributed by atoms with Crippen LogP contribution in [0.2, 0.25) is 0 Å². The lowest BCUT2D eigenvalue weighted by atomic mass is 10.3. The highest BCUT2D eigenvalue weighted by Gasteiger charge is 2.18. The Morgan fingerprint density at radius 3 is 2.50 bits per heavy atom. The molecule has 1 amide bonds. The van der Waals surface area contributed by atoms with Crippen molar-refractivity contribution in [2.45, 2.75) is 12.8 Å². The van der Waals surface area contributed by atoms with Crippen molar-refractivity contribution < 1.29 is 9.69 Å². The lowest BCUT2D eigenvalue weighted by Crippen LogP contribution is -3.11. The Kier molecular flexibility index (Phi) is 4.17. The number of hydrogen-bond acceptors (Lipinski definition) is 1. The minimum absolute atomic E-state index is 0.123. The lowest BCUT2D eigenvalue weighted by molar-refractivity contribution is -0.878. The van der Waals surface area contributed by atoms with Gasteiger partial charge in [0.1, 0.15) is 0 Å². The van der Waals surface area contributed by atoms with Gasteiger partial charge < -0.3 is 10.2 Å². The van der Waals surface area contributed by atoms with Crippen molar-refractivity contribution in [2.24, 2.45) is 0 Å². The molecule has 1 aliphatic heterocycles. The molecule has 0 aromatic heterocycles. The number of hydrogen-bond donors (Lipinski definition) is 2. The van der Waals surface area contributed by atoms with E-state index in [0.717, 1.165) is 18.8 Å². The van der Waals surface area contributed by atoms with Gasteiger partial charge >= 0.3 is 0 Å². The molecular weight excluding hydrogens is 315 g/mol. The van der Waals surface area contributed by atoms with Crippen LogP contribution in [0.3, 0.4) is 0 Å². The summed E-state index contributed by atoms with van der Waals surface area (Å²) in [6.07, 6.45) is 2.51. The second-order valence-corrected chi connectivity index (χ2v) is 5.43. The van der Waals surface area contributed by atoms with Crippen LogP contribution in [-0.4, -0.2) is 25.5 Å². The van der Waals surface area contributed by atoms with E-state index < -0.39 is 0 Å². The number of nitrogens with one attached hydrogen (secondary N) is 2. The first-order valence-electron chi connectivity index (χ1n) is 5.63. The van der Waals surface area contributed by atoms with Crippen molar-refractivity contribution in [1.29, 1.82) is 0 Å². The highest BCUT2D eigenvalue weighted by Crippen LogP contribution is 2.10. The molecule has 1 aliphatic rings. The molecule has 2 rings (SSSR count). The van der Waals surface area contributed by atoms with E-state index in [-0.39, 0.29) is 5.91 Å². The molecule has 16 heavy (non-hydrogen) atoms. The number of quaternary nitrogens is 1. The Balaban J connectivity index is 1.84. The van der Waals surface area contributed by atoms with E-state index in [1.165, 1.54) is 21.3 Å². The molecule has 2 N–H and O–H groups in total. The van der Waals surface area contributed by atoms with E-state index in [2.05, 4.69) is 27.9 Å². The zero-order valence-corrected chi connectivity index (χ0v) is 11.3. The van der Waals surface area contributed by atoms with Gasteiger partial charge in [-0.2, -0.15) is 0 Å². The Labute approximate surface area is 109 Å². The van der Waals surface area contributed by atoms with E-state index >= 15 is 0 Å². The van der Waals surface area contributed by atoms with E-state index in [1.807, 2.05) is 24.3 Å². The largest absolute Gasteiger partial charge is 0.327 e. The molecule has 0 bridgehead atoms. The average molecular weight is 331 g/mol. The molecule has 0 saturated carbocycles. The van der Waals surface area contributed by atoms with Gasteiger partial charge in [-0.3, -0.25) is 4.79 Å². The predicted molar refractivity (Wildman–Crippen MR) is 72.6 cm³/mol. The van der Waals surface area contributed by atoms with Gasteiger partial charge in [-0.1, -0.05) is 0 Å². The van der Waals surface area contributed by atoms with Crippen LogP contribution in [0.1, 0.15) is 12.8 Å². The Hall–Kier alpha value is -0.620. The molecule has 0 aliphatic carbocycles. The molecule has 0 unspecified atom stereocenters. The highest BCUT2D eigenvalue weighted by atomic mass is 127. The lowest BCUT2D eigenvalue weighted by Gasteiger charge is -2.11. The second-order valence-electron chi connectivity index (χ2n) is 4.19. The monoisotopic (exact) mass is 331 g/mol. The summed E-state index contributed by atoms with van der Waals surface area (Å²) in [7, 11) is 0. The van der Waals surface area contributed by atoms with Crippen molar-refractivity contribution in [3.63, 3.8) is 0 Å². The van der Waals surface area contributed by atoms with Crippen LogP contribution >= 0.6 is 22.6 Å². The molecule has 3 nitrogen and oxygen atoms in total. The average Bonchev–Trinajstić information content (AvgIpc) is 2.74. The molecular formula is C12H16IN2O+. The first-order chi connectivity index (χ1) is 7.74. The SMILES string of the molecule is O=C(C[NH+]1CCCC1)Nc1ccc(I)cc1. The number of benzene rings is 1. The minimum atomic E-state index is 0.123. The van der Waals surface area contributed by atoms with Crippen LogP contribution in [0.15, 0.2) is 24.3 Å². The second kappa shape index (κ2) is 5.63. The maximum atomic E-state index is 11.7. The number of halogens is 1. The van der Waals surface area contributed by atoms with E-state index in [4.69, 9.17) is 0 Å². The minimum Gasteiger partial charge on any atom is -0.327 e. The zero-order chi connectivity index (χ0) is 11.4. The summed E-state index contributed by atoms with van der Waals surface area (Å²) in [5.41, 5.74) is 0.893. The normalized spacial score (nSPS) is 16.3. The number of carbonyl (C=O) groups is 1. The van der Waals surface area contributed by atoms with Crippen LogP contribution in [0, 0.1) is 3.57 Å². The summed E-state index contributed by atoms with van der Waals surface area (Å²) in [6, 6.07) is 7.88. The summed E-state index contributed by atoms with van der Waals surface area (Å²) < 4.78 is 1.18. The molecule has 86 valence electrons. The quantitative estimate of drug-likeness (QED) is 0.793. The fraction of sp³-hybridized carbons (Fsp3) is 0.417. The molecule has 0 radical (unpaired) electrons. The first kappa shape index (κ1) is 11.9. The molecule has 4 heteroatoms. The van der Waals surface area contributed by atoms with Gasteiger partial charge in [0.05, 0.1) is 13.1 Å². The molecule has 1 heterocycles. The number of amides is 1. The summed E-state index contributed by atoms with van der Waals surface area (Å²) in [6.45, 7) is 2.88. The maximum Gasteiger partial charge on any atom is 0.279 e. The summed E-state index contributed by atoms with van der Waals surface area (Å²) >= 11 is 2.25. The van der Waals surface area contributed by atoms with Crippen LogP contribution in [-0.2, 0) is 4.79 Å². The number of likely N-dealkylation sites (tertiary alicyclic amines) is 1. The zero-order valence-electron chi connectivity index (χ0n) is 9.13. The number of rotatable bonds is 3. The summed E-state index contributed by atoms with van der Waals surface area (Å²) in [4.78, 5) is 13.1. The summed E-state index contributed by atoms with van der Waals surface area (Å²) in [5.74, 6) is 0.123. The molecule has 0 atom stereocenters. The van der Waals surface area contributed by atoms with Crippen LogP contribution < -0.4 is 10.2 Å². The molecule has 1 aromatic rings. The van der Waals surface area contributed by atoms with Crippen molar-refractivity contribution >= 4 is 34.2 Å². The maximum absolute atomic E-state index is 11.7. The molecule has 1 fully saturated rings. The molecule has 0 spiro atoms. The van der Waals surface area contributed by atoms with E-state index in [9.17, 15) is 4.79 Å². The van der Waals surface area contributed by atoms with Crippen LogP contribution in [0.25, 0.3) is 0 Å². The summed E-state index contributed by atoms with van der Waals surface area (Å²) in [5, 5.41) is 2.93. The third-order valence-electron chi connectivity index (χ3n) is 2.85. The first-order valence-corrected chi connectivity index (χ1v) is 6.71. The molecule has 1 aromatic carbocycles. The number of anilines is 1. The van der Waals surface area contributed by atoms with E-state index in [1.54, 1.807) is 0 Å². The predicted octanol–water partition coefficient (Wildman–Crippen LogP) is 0.908. The Morgan fingerprint density at radius 2 is 1.88 bits per heavy atom. The Bertz CT molecular complexity index is 358. The smallest absolute Gasteiger partial charge is 0.279 e. The third kappa shape index (κ3) is 3.45. The van der Waals surface area contributed by atoms with Gasteiger partial charge in [-0.15, -0.1) is 0 Å². The van der Waals surface area contributed by atoms with Crippen molar-refractivity contribution in [2.75, 3.05) is 25.0 Å². The van der Waals surface area contributed by atoms with Crippen LogP contribution in [0.5, 0.6) is 0 Å². The van der Waals surface area contributed by atoms with Crippen molar-refractivity contribution in [3.05, 3.63) is 27.8 Å². The van der Waals surface area contributed by atoms with Gasteiger partial charge in [0.25, 0.3) is 5.91 Å². The fourth-order valence-corrected chi connectivity index (χ4v) is 2.38.